The van der Waals surface area contributed by atoms with Crippen LogP contribution in [-0.4, -0.2) is 22.3 Å². The summed E-state index contributed by atoms with van der Waals surface area (Å²) >= 11 is 5.62. The molecule has 20 heavy (non-hydrogen) atoms. The van der Waals surface area contributed by atoms with E-state index in [1.807, 2.05) is 29.8 Å². The van der Waals surface area contributed by atoms with Crippen molar-refractivity contribution in [3.63, 3.8) is 0 Å². The van der Waals surface area contributed by atoms with Crippen molar-refractivity contribution in [1.82, 2.24) is 9.78 Å². The summed E-state index contributed by atoms with van der Waals surface area (Å²) in [5, 5.41) is 6.88. The summed E-state index contributed by atoms with van der Waals surface area (Å²) < 4.78 is 7.35. The molecule has 0 aliphatic carbocycles. The van der Waals surface area contributed by atoms with Crippen LogP contribution in [-0.2, 0) is 0 Å². The van der Waals surface area contributed by atoms with Gasteiger partial charge in [-0.2, -0.15) is 0 Å². The van der Waals surface area contributed by atoms with Crippen LogP contribution >= 0.6 is 11.6 Å². The topological polar surface area (TPSA) is 27.1 Å². The molecule has 3 rings (SSSR count). The Morgan fingerprint density at radius 3 is 2.70 bits per heavy atom. The SMILES string of the molecule is Cc1cc(OCCCl)nn1-c1ccc2ccccc2c1. The Balaban J connectivity index is 1.99. The molecule has 0 N–H and O–H groups in total. The summed E-state index contributed by atoms with van der Waals surface area (Å²) in [6, 6.07) is 16.5. The fourth-order valence-electron chi connectivity index (χ4n) is 2.23. The molecule has 1 heterocycles. The Kier molecular flexibility index (Phi) is 3.61. The van der Waals surface area contributed by atoms with Crippen LogP contribution in [0.25, 0.3) is 16.5 Å². The van der Waals surface area contributed by atoms with E-state index in [0.29, 0.717) is 18.4 Å². The predicted molar refractivity (Wildman–Crippen MR) is 82.0 cm³/mol. The lowest BCUT2D eigenvalue weighted by molar-refractivity contribution is 0.327. The second-order valence-electron chi connectivity index (χ2n) is 4.60. The molecular weight excluding hydrogens is 272 g/mol. The average Bonchev–Trinajstić information content (AvgIpc) is 2.85. The molecule has 102 valence electrons. The van der Waals surface area contributed by atoms with Crippen LogP contribution in [0.5, 0.6) is 5.88 Å². The van der Waals surface area contributed by atoms with Crippen molar-refractivity contribution in [2.45, 2.75) is 6.92 Å². The maximum Gasteiger partial charge on any atom is 0.233 e. The largest absolute Gasteiger partial charge is 0.475 e. The molecule has 0 unspecified atom stereocenters. The number of nitrogens with zero attached hydrogens (tertiary/aromatic N) is 2. The van der Waals surface area contributed by atoms with Gasteiger partial charge in [0.25, 0.3) is 0 Å². The molecular formula is C16H15ClN2O. The molecule has 0 aliphatic rings. The Labute approximate surface area is 122 Å². The predicted octanol–water partition coefficient (Wildman–Crippen LogP) is 3.95. The first-order valence-corrected chi connectivity index (χ1v) is 7.06. The third-order valence-corrected chi connectivity index (χ3v) is 3.32. The summed E-state index contributed by atoms with van der Waals surface area (Å²) in [5.41, 5.74) is 2.06. The van der Waals surface area contributed by atoms with Gasteiger partial charge in [0.15, 0.2) is 0 Å². The van der Waals surface area contributed by atoms with Crippen molar-refractivity contribution in [2.24, 2.45) is 0 Å². The monoisotopic (exact) mass is 286 g/mol. The molecule has 1 aromatic heterocycles. The van der Waals surface area contributed by atoms with Gasteiger partial charge < -0.3 is 4.74 Å². The van der Waals surface area contributed by atoms with E-state index in [4.69, 9.17) is 16.3 Å². The van der Waals surface area contributed by atoms with Gasteiger partial charge in [-0.05, 0) is 29.8 Å². The van der Waals surface area contributed by atoms with E-state index in [9.17, 15) is 0 Å². The third kappa shape index (κ3) is 2.49. The molecule has 4 heteroatoms. The number of alkyl halides is 1. The Morgan fingerprint density at radius 2 is 1.90 bits per heavy atom. The van der Waals surface area contributed by atoms with Gasteiger partial charge in [0, 0.05) is 11.8 Å². The number of aryl methyl sites for hydroxylation is 1. The first-order chi connectivity index (χ1) is 9.78. The number of fused-ring (bicyclic) bond motifs is 1. The molecule has 3 aromatic rings. The van der Waals surface area contributed by atoms with E-state index < -0.39 is 0 Å². The van der Waals surface area contributed by atoms with Crippen LogP contribution in [0.2, 0.25) is 0 Å². The second kappa shape index (κ2) is 5.55. The summed E-state index contributed by atoms with van der Waals surface area (Å²) in [4.78, 5) is 0. The number of rotatable bonds is 4. The van der Waals surface area contributed by atoms with Crippen LogP contribution in [0, 0.1) is 6.92 Å². The summed E-state index contributed by atoms with van der Waals surface area (Å²) in [5.74, 6) is 1.07. The maximum absolute atomic E-state index is 5.62. The van der Waals surface area contributed by atoms with Crippen molar-refractivity contribution < 1.29 is 4.74 Å². The Hall–Kier alpha value is -2.00. The van der Waals surface area contributed by atoms with Crippen molar-refractivity contribution in [1.29, 1.82) is 0 Å². The van der Waals surface area contributed by atoms with E-state index in [2.05, 4.69) is 35.4 Å². The number of hydrogen-bond donors (Lipinski definition) is 0. The van der Waals surface area contributed by atoms with Gasteiger partial charge in [-0.15, -0.1) is 16.7 Å². The van der Waals surface area contributed by atoms with Gasteiger partial charge >= 0.3 is 0 Å². The molecule has 0 atom stereocenters. The smallest absolute Gasteiger partial charge is 0.233 e. The summed E-state index contributed by atoms with van der Waals surface area (Å²) in [6.07, 6.45) is 0. The lowest BCUT2D eigenvalue weighted by atomic mass is 10.1. The van der Waals surface area contributed by atoms with Crippen LogP contribution in [0.3, 0.4) is 0 Å². The van der Waals surface area contributed by atoms with Gasteiger partial charge in [-0.3, -0.25) is 0 Å². The first kappa shape index (κ1) is 13.0. The molecule has 0 saturated heterocycles. The number of aromatic nitrogens is 2. The van der Waals surface area contributed by atoms with Gasteiger partial charge in [-0.25, -0.2) is 4.68 Å². The van der Waals surface area contributed by atoms with Gasteiger partial charge in [-0.1, -0.05) is 30.3 Å². The van der Waals surface area contributed by atoms with E-state index in [-0.39, 0.29) is 0 Å². The van der Waals surface area contributed by atoms with Crippen LogP contribution in [0.1, 0.15) is 5.69 Å². The van der Waals surface area contributed by atoms with Crippen molar-refractivity contribution in [3.05, 3.63) is 54.2 Å². The molecule has 3 nitrogen and oxygen atoms in total. The molecule has 0 aliphatic heterocycles. The van der Waals surface area contributed by atoms with E-state index in [0.717, 1.165) is 11.4 Å². The molecule has 2 aromatic carbocycles. The quantitative estimate of drug-likeness (QED) is 0.679. The molecule has 0 saturated carbocycles. The normalized spacial score (nSPS) is 10.9. The standard InChI is InChI=1S/C16H15ClN2O/c1-12-10-16(20-9-8-17)18-19(12)15-7-6-13-4-2-3-5-14(13)11-15/h2-7,10-11H,8-9H2,1H3. The fraction of sp³-hybridized carbons (Fsp3) is 0.188. The lowest BCUT2D eigenvalue weighted by Crippen LogP contribution is -2.01. The fourth-order valence-corrected chi connectivity index (χ4v) is 2.31. The minimum atomic E-state index is 0.460. The van der Waals surface area contributed by atoms with E-state index >= 15 is 0 Å². The third-order valence-electron chi connectivity index (χ3n) is 3.17. The van der Waals surface area contributed by atoms with Crippen molar-refractivity contribution >= 4 is 22.4 Å². The molecule has 0 bridgehead atoms. The maximum atomic E-state index is 5.62. The van der Waals surface area contributed by atoms with Gasteiger partial charge in [0.1, 0.15) is 6.61 Å². The average molecular weight is 287 g/mol. The van der Waals surface area contributed by atoms with Gasteiger partial charge in [0.05, 0.1) is 11.6 Å². The minimum Gasteiger partial charge on any atom is -0.475 e. The first-order valence-electron chi connectivity index (χ1n) is 6.52. The molecule has 0 amide bonds. The number of benzene rings is 2. The van der Waals surface area contributed by atoms with E-state index in [1.165, 1.54) is 10.8 Å². The minimum absolute atomic E-state index is 0.460. The molecule has 0 spiro atoms. The highest BCUT2D eigenvalue weighted by atomic mass is 35.5. The molecule has 0 fully saturated rings. The summed E-state index contributed by atoms with van der Waals surface area (Å²) in [6.45, 7) is 2.48. The highest BCUT2D eigenvalue weighted by Gasteiger charge is 2.07. The number of halogens is 1. The zero-order chi connectivity index (χ0) is 13.9. The zero-order valence-electron chi connectivity index (χ0n) is 11.2. The zero-order valence-corrected chi connectivity index (χ0v) is 12.0. The van der Waals surface area contributed by atoms with Crippen LogP contribution in [0.15, 0.2) is 48.5 Å². The van der Waals surface area contributed by atoms with Crippen LogP contribution in [0.4, 0.5) is 0 Å². The number of hydrogen-bond acceptors (Lipinski definition) is 2. The second-order valence-corrected chi connectivity index (χ2v) is 4.98. The van der Waals surface area contributed by atoms with E-state index in [1.54, 1.807) is 0 Å². The Bertz CT molecular complexity index is 736. The molecule has 0 radical (unpaired) electrons. The number of ether oxygens (including phenoxy) is 1. The van der Waals surface area contributed by atoms with Crippen LogP contribution < -0.4 is 4.74 Å². The highest BCUT2D eigenvalue weighted by molar-refractivity contribution is 6.18. The lowest BCUT2D eigenvalue weighted by Gasteiger charge is -2.06. The van der Waals surface area contributed by atoms with Crippen molar-refractivity contribution in [3.8, 4) is 11.6 Å². The van der Waals surface area contributed by atoms with Gasteiger partial charge in [0.2, 0.25) is 5.88 Å². The summed E-state index contributed by atoms with van der Waals surface area (Å²) in [7, 11) is 0. The Morgan fingerprint density at radius 1 is 1.10 bits per heavy atom. The van der Waals surface area contributed by atoms with Crippen molar-refractivity contribution in [2.75, 3.05) is 12.5 Å². The highest BCUT2D eigenvalue weighted by Crippen LogP contribution is 2.21.